The molecule has 34 heavy (non-hydrogen) atoms. The molecule has 170 valence electrons. The van der Waals surface area contributed by atoms with Crippen molar-refractivity contribution in [1.29, 1.82) is 0 Å². The van der Waals surface area contributed by atoms with Crippen LogP contribution in [-0.4, -0.2) is 29.5 Å². The zero-order valence-electron chi connectivity index (χ0n) is 19.2. The molecule has 3 heterocycles. The molecule has 0 amide bonds. The quantitative estimate of drug-likeness (QED) is 0.290. The first-order valence-corrected chi connectivity index (χ1v) is 12.9. The molecule has 3 nitrogen and oxygen atoms in total. The van der Waals surface area contributed by atoms with Gasteiger partial charge in [0.1, 0.15) is 0 Å². The van der Waals surface area contributed by atoms with Crippen molar-refractivity contribution in [1.82, 2.24) is 9.88 Å². The molecule has 2 aliphatic rings. The lowest BCUT2D eigenvalue weighted by Gasteiger charge is -2.40. The topological polar surface area (TPSA) is 19.4 Å². The minimum absolute atomic E-state index is 0.215. The van der Waals surface area contributed by atoms with Crippen LogP contribution in [0.2, 0.25) is 0 Å². The second-order valence-electron chi connectivity index (χ2n) is 9.50. The number of anilines is 2. The number of aromatic nitrogens is 1. The minimum atomic E-state index is 0.215. The summed E-state index contributed by atoms with van der Waals surface area (Å²) in [7, 11) is 0. The van der Waals surface area contributed by atoms with E-state index in [0.29, 0.717) is 0 Å². The average molecular weight is 510 g/mol. The fraction of sp³-hybridized carbons (Fsp3) is 0.233. The summed E-state index contributed by atoms with van der Waals surface area (Å²) in [5.74, 6) is 0. The smallest absolute Gasteiger partial charge is 0.0685 e. The Morgan fingerprint density at radius 1 is 0.765 bits per heavy atom. The van der Waals surface area contributed by atoms with Crippen molar-refractivity contribution in [3.63, 3.8) is 0 Å². The molecule has 2 aliphatic heterocycles. The first kappa shape index (κ1) is 21.6. The van der Waals surface area contributed by atoms with Gasteiger partial charge < -0.3 is 4.90 Å². The summed E-state index contributed by atoms with van der Waals surface area (Å²) in [6.07, 6.45) is 4.24. The Morgan fingerprint density at radius 2 is 1.47 bits per heavy atom. The largest absolute Gasteiger partial charge is 0.340 e. The van der Waals surface area contributed by atoms with E-state index < -0.39 is 0 Å². The molecule has 1 spiro atoms. The Balaban J connectivity index is 1.23. The molecule has 4 heteroatoms. The van der Waals surface area contributed by atoms with Gasteiger partial charge in [-0.3, -0.25) is 9.88 Å². The molecule has 0 saturated carbocycles. The van der Waals surface area contributed by atoms with Gasteiger partial charge in [-0.05, 0) is 88.9 Å². The van der Waals surface area contributed by atoms with Crippen LogP contribution >= 0.6 is 15.9 Å². The number of nitrogens with zero attached hydrogens (tertiary/aromatic N) is 3. The lowest BCUT2D eigenvalue weighted by atomic mass is 9.74. The van der Waals surface area contributed by atoms with Crippen LogP contribution in [0.25, 0.3) is 11.1 Å². The van der Waals surface area contributed by atoms with Gasteiger partial charge in [-0.2, -0.15) is 0 Å². The van der Waals surface area contributed by atoms with Gasteiger partial charge in [-0.25, -0.2) is 0 Å². The fourth-order valence-electron chi connectivity index (χ4n) is 5.64. The highest BCUT2D eigenvalue weighted by atomic mass is 79.9. The van der Waals surface area contributed by atoms with Gasteiger partial charge in [-0.1, -0.05) is 60.7 Å². The number of halogens is 1. The summed E-state index contributed by atoms with van der Waals surface area (Å²) in [5.41, 5.74) is 8.04. The van der Waals surface area contributed by atoms with Crippen molar-refractivity contribution in [3.05, 3.63) is 113 Å². The first-order valence-electron chi connectivity index (χ1n) is 12.1. The molecular formula is C30H28BrN3. The molecule has 1 fully saturated rings. The number of piperidine rings is 1. The predicted molar refractivity (Wildman–Crippen MR) is 143 cm³/mol. The number of benzene rings is 3. The van der Waals surface area contributed by atoms with E-state index in [1.54, 1.807) is 0 Å². The minimum Gasteiger partial charge on any atom is -0.340 e. The maximum Gasteiger partial charge on any atom is 0.0685 e. The van der Waals surface area contributed by atoms with Crippen molar-refractivity contribution in [2.75, 3.05) is 24.5 Å². The van der Waals surface area contributed by atoms with E-state index >= 15 is 0 Å². The predicted octanol–water partition coefficient (Wildman–Crippen LogP) is 7.20. The van der Waals surface area contributed by atoms with E-state index in [1.165, 1.54) is 40.9 Å². The summed E-state index contributed by atoms with van der Waals surface area (Å²) in [6.45, 7) is 4.15. The summed E-state index contributed by atoms with van der Waals surface area (Å²) in [5, 5.41) is 0. The highest BCUT2D eigenvalue weighted by Gasteiger charge is 2.44. The van der Waals surface area contributed by atoms with E-state index in [0.717, 1.165) is 36.3 Å². The molecular weight excluding hydrogens is 482 g/mol. The highest BCUT2D eigenvalue weighted by Crippen LogP contribution is 2.49. The van der Waals surface area contributed by atoms with E-state index in [9.17, 15) is 0 Å². The summed E-state index contributed by atoms with van der Waals surface area (Å²) in [6, 6.07) is 32.8. The van der Waals surface area contributed by atoms with Gasteiger partial charge in [0.25, 0.3) is 0 Å². The maximum absolute atomic E-state index is 4.58. The number of likely N-dealkylation sites (tertiary alicyclic amines) is 1. The molecule has 4 aromatic rings. The van der Waals surface area contributed by atoms with Crippen LogP contribution < -0.4 is 4.90 Å². The van der Waals surface area contributed by atoms with Crippen LogP contribution in [0.3, 0.4) is 0 Å². The number of pyridine rings is 1. The van der Waals surface area contributed by atoms with Crippen molar-refractivity contribution in [2.24, 2.45) is 0 Å². The summed E-state index contributed by atoms with van der Waals surface area (Å²) < 4.78 is 1.10. The second-order valence-corrected chi connectivity index (χ2v) is 10.4. The monoisotopic (exact) mass is 509 g/mol. The molecule has 1 aromatic heterocycles. The molecule has 6 rings (SSSR count). The molecule has 3 aromatic carbocycles. The third-order valence-electron chi connectivity index (χ3n) is 7.53. The Hall–Kier alpha value is -2.95. The zero-order chi connectivity index (χ0) is 23.0. The summed E-state index contributed by atoms with van der Waals surface area (Å²) >= 11 is 3.66. The van der Waals surface area contributed by atoms with Crippen LogP contribution in [-0.2, 0) is 12.0 Å². The van der Waals surface area contributed by atoms with Gasteiger partial charge in [0, 0.05) is 40.5 Å². The Labute approximate surface area is 210 Å². The standard InChI is InChI=1S/C30H28BrN3/c31-27-10-6-18-32-28(27)21-33-19-16-30(17-20-33)22-34(29-11-5-4-9-26(29)30)25-14-12-24(13-15-25)23-7-2-1-3-8-23/h1-15,18H,16-17,19-22H2. The van der Waals surface area contributed by atoms with Crippen molar-refractivity contribution in [3.8, 4) is 11.1 Å². The first-order chi connectivity index (χ1) is 16.7. The lowest BCUT2D eigenvalue weighted by molar-refractivity contribution is 0.159. The van der Waals surface area contributed by atoms with Crippen molar-refractivity contribution in [2.45, 2.75) is 24.8 Å². The molecule has 0 radical (unpaired) electrons. The van der Waals surface area contributed by atoms with E-state index in [-0.39, 0.29) is 5.41 Å². The molecule has 0 unspecified atom stereocenters. The van der Waals surface area contributed by atoms with Crippen LogP contribution in [0.1, 0.15) is 24.1 Å². The van der Waals surface area contributed by atoms with Crippen LogP contribution in [0.4, 0.5) is 11.4 Å². The van der Waals surface area contributed by atoms with Gasteiger partial charge in [0.05, 0.1) is 5.69 Å². The molecule has 1 saturated heterocycles. The van der Waals surface area contributed by atoms with Gasteiger partial charge in [-0.15, -0.1) is 0 Å². The lowest BCUT2D eigenvalue weighted by Crippen LogP contribution is -2.44. The average Bonchev–Trinajstić information content (AvgIpc) is 3.21. The van der Waals surface area contributed by atoms with Crippen LogP contribution in [0, 0.1) is 0 Å². The number of hydrogen-bond acceptors (Lipinski definition) is 3. The van der Waals surface area contributed by atoms with Crippen molar-refractivity contribution < 1.29 is 0 Å². The maximum atomic E-state index is 4.58. The second kappa shape index (κ2) is 9.01. The van der Waals surface area contributed by atoms with Gasteiger partial charge in [0.2, 0.25) is 0 Å². The fourth-order valence-corrected chi connectivity index (χ4v) is 6.02. The van der Waals surface area contributed by atoms with Gasteiger partial charge in [0.15, 0.2) is 0 Å². The molecule has 0 aliphatic carbocycles. The normalized spacial score (nSPS) is 17.1. The van der Waals surface area contributed by atoms with Crippen molar-refractivity contribution >= 4 is 27.3 Å². The van der Waals surface area contributed by atoms with Crippen LogP contribution in [0.15, 0.2) is 102 Å². The number of para-hydroxylation sites is 1. The third-order valence-corrected chi connectivity index (χ3v) is 8.26. The number of rotatable bonds is 4. The van der Waals surface area contributed by atoms with Gasteiger partial charge >= 0.3 is 0 Å². The van der Waals surface area contributed by atoms with Crippen LogP contribution in [0.5, 0.6) is 0 Å². The molecule has 0 atom stereocenters. The zero-order valence-corrected chi connectivity index (χ0v) is 20.8. The third kappa shape index (κ3) is 3.95. The molecule has 0 N–H and O–H groups in total. The molecule has 0 bridgehead atoms. The van der Waals surface area contributed by atoms with E-state index in [2.05, 4.69) is 116 Å². The Morgan fingerprint density at radius 3 is 2.24 bits per heavy atom. The number of hydrogen-bond donors (Lipinski definition) is 0. The Bertz CT molecular complexity index is 1280. The SMILES string of the molecule is Brc1cccnc1CN1CCC2(CC1)CN(c1ccc(-c3ccccc3)cc1)c1ccccc12. The summed E-state index contributed by atoms with van der Waals surface area (Å²) in [4.78, 5) is 9.67. The Kier molecular flexibility index (Phi) is 5.72. The highest BCUT2D eigenvalue weighted by molar-refractivity contribution is 9.10. The van der Waals surface area contributed by atoms with E-state index in [4.69, 9.17) is 0 Å². The van der Waals surface area contributed by atoms with E-state index in [1.807, 2.05) is 12.3 Å². The number of fused-ring (bicyclic) bond motifs is 2.